The Bertz CT molecular complexity index is 394. The fraction of sp³-hybridized carbons (Fsp3) is 0.429. The molecule has 1 amide bonds. The fourth-order valence-electron chi connectivity index (χ4n) is 1.38. The van der Waals surface area contributed by atoms with Gasteiger partial charge in [-0.25, -0.2) is 9.86 Å². The molecule has 0 N–H and O–H groups in total. The van der Waals surface area contributed by atoms with Gasteiger partial charge in [-0.05, 0) is 18.9 Å². The molecule has 0 aliphatic rings. The van der Waals surface area contributed by atoms with Crippen LogP contribution in [-0.2, 0) is 25.8 Å². The van der Waals surface area contributed by atoms with Crippen LogP contribution in [0.3, 0.4) is 0 Å². The Morgan fingerprint density at radius 1 is 1.37 bits per heavy atom. The van der Waals surface area contributed by atoms with Crippen molar-refractivity contribution in [3.63, 3.8) is 0 Å². The zero-order valence-corrected chi connectivity index (χ0v) is 11.2. The second kappa shape index (κ2) is 8.26. The van der Waals surface area contributed by atoms with E-state index in [0.717, 1.165) is 17.0 Å². The van der Waals surface area contributed by atoms with Crippen molar-refractivity contribution in [1.29, 1.82) is 0 Å². The molecule has 1 aromatic carbocycles. The van der Waals surface area contributed by atoms with Crippen molar-refractivity contribution in [2.45, 2.75) is 32.9 Å². The average Bonchev–Trinajstić information content (AvgIpc) is 2.46. The predicted molar refractivity (Wildman–Crippen MR) is 69.8 cm³/mol. The van der Waals surface area contributed by atoms with Gasteiger partial charge in [0.2, 0.25) is 6.41 Å². The van der Waals surface area contributed by atoms with E-state index in [4.69, 9.17) is 9.57 Å². The van der Waals surface area contributed by atoms with E-state index in [2.05, 4.69) is 0 Å². The summed E-state index contributed by atoms with van der Waals surface area (Å²) in [5.74, 6) is -0.470. The summed E-state index contributed by atoms with van der Waals surface area (Å²) in [6.45, 7) is 4.04. The number of carbonyl (C=O) groups excluding carboxylic acids is 2. The molecule has 0 aliphatic carbocycles. The Morgan fingerprint density at radius 3 is 2.63 bits per heavy atom. The zero-order chi connectivity index (χ0) is 14.1. The second-order valence-electron chi connectivity index (χ2n) is 4.07. The number of carbonyl (C=O) groups is 2. The van der Waals surface area contributed by atoms with E-state index in [1.165, 1.54) is 0 Å². The van der Waals surface area contributed by atoms with Crippen molar-refractivity contribution in [2.75, 3.05) is 6.61 Å². The standard InChI is InChI=1S/C14H19NO4/c1-3-9-18-14(17)12(2)15(11-16)19-10-13-7-5-4-6-8-13/h4-8,11-12H,3,9-10H2,1-2H3. The number of rotatable bonds is 8. The van der Waals surface area contributed by atoms with Gasteiger partial charge in [-0.15, -0.1) is 0 Å². The van der Waals surface area contributed by atoms with Crippen molar-refractivity contribution in [2.24, 2.45) is 0 Å². The minimum atomic E-state index is -0.757. The number of hydrogen-bond donors (Lipinski definition) is 0. The number of hydroxylamine groups is 2. The average molecular weight is 265 g/mol. The molecule has 0 fully saturated rings. The number of esters is 1. The molecular formula is C14H19NO4. The Labute approximate surface area is 113 Å². The molecule has 1 atom stereocenters. The van der Waals surface area contributed by atoms with Gasteiger partial charge in [-0.2, -0.15) is 0 Å². The van der Waals surface area contributed by atoms with E-state index in [1.807, 2.05) is 37.3 Å². The first-order valence-corrected chi connectivity index (χ1v) is 6.26. The lowest BCUT2D eigenvalue weighted by Gasteiger charge is -2.22. The van der Waals surface area contributed by atoms with Crippen LogP contribution in [0.25, 0.3) is 0 Å². The van der Waals surface area contributed by atoms with E-state index >= 15 is 0 Å². The largest absolute Gasteiger partial charge is 0.464 e. The van der Waals surface area contributed by atoms with Gasteiger partial charge in [-0.3, -0.25) is 9.63 Å². The lowest BCUT2D eigenvalue weighted by molar-refractivity contribution is -0.200. The van der Waals surface area contributed by atoms with Crippen LogP contribution in [0.1, 0.15) is 25.8 Å². The van der Waals surface area contributed by atoms with E-state index in [1.54, 1.807) is 6.92 Å². The summed E-state index contributed by atoms with van der Waals surface area (Å²) in [6.07, 6.45) is 1.23. The Morgan fingerprint density at radius 2 is 2.05 bits per heavy atom. The predicted octanol–water partition coefficient (Wildman–Crippen LogP) is 1.92. The topological polar surface area (TPSA) is 55.8 Å². The highest BCUT2D eigenvalue weighted by atomic mass is 16.7. The number of nitrogens with zero attached hydrogens (tertiary/aromatic N) is 1. The van der Waals surface area contributed by atoms with Gasteiger partial charge in [0.05, 0.1) is 6.61 Å². The Balaban J connectivity index is 2.48. The minimum absolute atomic E-state index is 0.227. The first kappa shape index (κ1) is 15.2. The second-order valence-corrected chi connectivity index (χ2v) is 4.07. The Hall–Kier alpha value is -1.88. The van der Waals surface area contributed by atoms with Gasteiger partial charge in [0, 0.05) is 0 Å². The molecule has 0 radical (unpaired) electrons. The smallest absolute Gasteiger partial charge is 0.331 e. The molecule has 1 rings (SSSR count). The maximum atomic E-state index is 11.6. The molecule has 0 spiro atoms. The zero-order valence-electron chi connectivity index (χ0n) is 11.2. The summed E-state index contributed by atoms with van der Waals surface area (Å²) >= 11 is 0. The number of ether oxygens (including phenoxy) is 1. The molecule has 0 bridgehead atoms. The van der Waals surface area contributed by atoms with Crippen LogP contribution < -0.4 is 0 Å². The highest BCUT2D eigenvalue weighted by Gasteiger charge is 2.22. The molecule has 104 valence electrons. The third-order valence-electron chi connectivity index (χ3n) is 2.50. The molecule has 5 nitrogen and oxygen atoms in total. The fourth-order valence-corrected chi connectivity index (χ4v) is 1.38. The quantitative estimate of drug-likeness (QED) is 0.409. The third-order valence-corrected chi connectivity index (χ3v) is 2.50. The van der Waals surface area contributed by atoms with Crippen LogP contribution in [0.4, 0.5) is 0 Å². The summed E-state index contributed by atoms with van der Waals surface area (Å²) in [5, 5.41) is 0.977. The molecule has 0 saturated carbocycles. The molecule has 1 aromatic rings. The molecule has 0 aliphatic heterocycles. The molecule has 0 aromatic heterocycles. The van der Waals surface area contributed by atoms with Gasteiger partial charge in [0.15, 0.2) is 6.04 Å². The van der Waals surface area contributed by atoms with Gasteiger partial charge < -0.3 is 4.74 Å². The first-order chi connectivity index (χ1) is 9.19. The maximum Gasteiger partial charge on any atom is 0.331 e. The highest BCUT2D eigenvalue weighted by Crippen LogP contribution is 2.06. The summed E-state index contributed by atoms with van der Waals surface area (Å²) in [6, 6.07) is 8.65. The van der Waals surface area contributed by atoms with Crippen LogP contribution in [-0.4, -0.2) is 30.1 Å². The summed E-state index contributed by atoms with van der Waals surface area (Å²) < 4.78 is 4.97. The van der Waals surface area contributed by atoms with Gasteiger partial charge in [-0.1, -0.05) is 37.3 Å². The maximum absolute atomic E-state index is 11.6. The van der Waals surface area contributed by atoms with Crippen LogP contribution in [0, 0.1) is 0 Å². The third kappa shape index (κ3) is 5.09. The van der Waals surface area contributed by atoms with Crippen molar-refractivity contribution in [3.05, 3.63) is 35.9 Å². The van der Waals surface area contributed by atoms with Crippen molar-refractivity contribution >= 4 is 12.4 Å². The lowest BCUT2D eigenvalue weighted by Crippen LogP contribution is -2.39. The monoisotopic (exact) mass is 265 g/mol. The SMILES string of the molecule is CCCOC(=O)C(C)N(C=O)OCc1ccccc1. The molecule has 19 heavy (non-hydrogen) atoms. The van der Waals surface area contributed by atoms with Gasteiger partial charge >= 0.3 is 5.97 Å². The number of benzene rings is 1. The van der Waals surface area contributed by atoms with Gasteiger partial charge in [0.25, 0.3) is 0 Å². The van der Waals surface area contributed by atoms with Crippen LogP contribution in [0.2, 0.25) is 0 Å². The van der Waals surface area contributed by atoms with Crippen molar-refractivity contribution < 1.29 is 19.2 Å². The van der Waals surface area contributed by atoms with Gasteiger partial charge in [0.1, 0.15) is 6.61 Å². The first-order valence-electron chi connectivity index (χ1n) is 6.26. The van der Waals surface area contributed by atoms with Crippen molar-refractivity contribution in [3.8, 4) is 0 Å². The summed E-state index contributed by atoms with van der Waals surface area (Å²) in [7, 11) is 0. The van der Waals surface area contributed by atoms with E-state index in [-0.39, 0.29) is 6.61 Å². The van der Waals surface area contributed by atoms with E-state index in [0.29, 0.717) is 13.0 Å². The molecular weight excluding hydrogens is 246 g/mol. The normalized spacial score (nSPS) is 11.7. The lowest BCUT2D eigenvalue weighted by atomic mass is 10.2. The molecule has 0 heterocycles. The van der Waals surface area contributed by atoms with Crippen molar-refractivity contribution in [1.82, 2.24) is 5.06 Å². The van der Waals surface area contributed by atoms with Crippen LogP contribution >= 0.6 is 0 Å². The highest BCUT2D eigenvalue weighted by molar-refractivity contribution is 5.77. The minimum Gasteiger partial charge on any atom is -0.464 e. The van der Waals surface area contributed by atoms with E-state index < -0.39 is 12.0 Å². The number of amides is 1. The van der Waals surface area contributed by atoms with Crippen LogP contribution in [0.5, 0.6) is 0 Å². The Kier molecular flexibility index (Phi) is 6.60. The molecule has 0 saturated heterocycles. The van der Waals surface area contributed by atoms with Crippen LogP contribution in [0.15, 0.2) is 30.3 Å². The summed E-state index contributed by atoms with van der Waals surface area (Å²) in [4.78, 5) is 27.9. The molecule has 5 heteroatoms. The summed E-state index contributed by atoms with van der Waals surface area (Å²) in [5.41, 5.74) is 0.920. The van der Waals surface area contributed by atoms with E-state index in [9.17, 15) is 9.59 Å². The molecule has 1 unspecified atom stereocenters. The number of hydrogen-bond acceptors (Lipinski definition) is 4.